The van der Waals surface area contributed by atoms with Gasteiger partial charge in [-0.15, -0.1) is 0 Å². The Kier molecular flexibility index (Phi) is 5.71. The van der Waals surface area contributed by atoms with Gasteiger partial charge in [0, 0.05) is 12.7 Å². The molecule has 0 aliphatic heterocycles. The normalized spacial score (nSPS) is 10.2. The maximum atomic E-state index is 12.4. The number of benzene rings is 1. The molecule has 0 heterocycles. The van der Waals surface area contributed by atoms with Crippen molar-refractivity contribution in [2.24, 2.45) is 0 Å². The molecule has 0 spiro atoms. The van der Waals surface area contributed by atoms with E-state index in [1.54, 1.807) is 7.05 Å². The van der Waals surface area contributed by atoms with Crippen LogP contribution in [0.25, 0.3) is 0 Å². The molecule has 0 amide bonds. The molecule has 2 nitrogen and oxygen atoms in total. The number of hydrogen-bond acceptors (Lipinski definition) is 2. The van der Waals surface area contributed by atoms with Crippen molar-refractivity contribution in [1.29, 1.82) is 0 Å². The van der Waals surface area contributed by atoms with Crippen LogP contribution < -0.4 is 10.1 Å². The molecule has 0 aromatic heterocycles. The van der Waals surface area contributed by atoms with Crippen LogP contribution in [0.5, 0.6) is 5.75 Å². The molecule has 5 heteroatoms. The van der Waals surface area contributed by atoms with Gasteiger partial charge in [0.2, 0.25) is 0 Å². The summed E-state index contributed by atoms with van der Waals surface area (Å²) in [6, 6.07) is 3.82. The van der Waals surface area contributed by atoms with Gasteiger partial charge in [-0.3, -0.25) is 0 Å². The molecular formula is C11H16F3NO. The van der Waals surface area contributed by atoms with E-state index < -0.39 is 11.7 Å². The van der Waals surface area contributed by atoms with Gasteiger partial charge < -0.3 is 10.1 Å². The highest BCUT2D eigenvalue weighted by Gasteiger charge is 2.34. The maximum absolute atomic E-state index is 12.4. The summed E-state index contributed by atoms with van der Waals surface area (Å²) in [5.41, 5.74) is -0.370. The van der Waals surface area contributed by atoms with E-state index in [9.17, 15) is 13.2 Å². The van der Waals surface area contributed by atoms with E-state index in [0.29, 0.717) is 5.69 Å². The number of alkyl halides is 3. The van der Waals surface area contributed by atoms with Crippen LogP contribution in [-0.4, -0.2) is 14.2 Å². The highest BCUT2D eigenvalue weighted by atomic mass is 19.4. The fourth-order valence-electron chi connectivity index (χ4n) is 1.09. The predicted octanol–water partition coefficient (Wildman–Crippen LogP) is 3.78. The SMILES string of the molecule is CC.CNc1ccc(OC)c(C(F)(F)F)c1. The first kappa shape index (κ1) is 14.6. The lowest BCUT2D eigenvalue weighted by Gasteiger charge is -2.13. The van der Waals surface area contributed by atoms with Crippen molar-refractivity contribution in [2.75, 3.05) is 19.5 Å². The van der Waals surface area contributed by atoms with E-state index in [1.807, 2.05) is 13.8 Å². The Morgan fingerprint density at radius 2 is 1.75 bits per heavy atom. The highest BCUT2D eigenvalue weighted by Crippen LogP contribution is 2.37. The summed E-state index contributed by atoms with van der Waals surface area (Å²) in [5.74, 6) is -0.170. The van der Waals surface area contributed by atoms with Crippen LogP contribution in [0.4, 0.5) is 18.9 Å². The van der Waals surface area contributed by atoms with Gasteiger partial charge in [0.1, 0.15) is 5.75 Å². The summed E-state index contributed by atoms with van der Waals surface area (Å²) in [5, 5.41) is 2.64. The predicted molar refractivity (Wildman–Crippen MR) is 58.9 cm³/mol. The van der Waals surface area contributed by atoms with E-state index in [1.165, 1.54) is 19.2 Å². The van der Waals surface area contributed by atoms with Gasteiger partial charge in [-0.2, -0.15) is 13.2 Å². The van der Waals surface area contributed by atoms with Crippen LogP contribution in [-0.2, 0) is 6.18 Å². The Hall–Kier alpha value is -1.39. The minimum Gasteiger partial charge on any atom is -0.496 e. The zero-order valence-electron chi connectivity index (χ0n) is 9.77. The average molecular weight is 235 g/mol. The summed E-state index contributed by atoms with van der Waals surface area (Å²) in [4.78, 5) is 0. The van der Waals surface area contributed by atoms with Gasteiger partial charge in [-0.05, 0) is 18.2 Å². The number of hydrogen-bond donors (Lipinski definition) is 1. The van der Waals surface area contributed by atoms with Crippen molar-refractivity contribution in [2.45, 2.75) is 20.0 Å². The minimum atomic E-state index is -4.39. The number of anilines is 1. The Balaban J connectivity index is 0.00000106. The van der Waals surface area contributed by atoms with Crippen LogP contribution >= 0.6 is 0 Å². The third-order valence-corrected chi connectivity index (χ3v) is 1.79. The molecular weight excluding hydrogens is 219 g/mol. The monoisotopic (exact) mass is 235 g/mol. The molecule has 0 aliphatic carbocycles. The third-order valence-electron chi connectivity index (χ3n) is 1.79. The first-order chi connectivity index (χ1) is 7.49. The molecule has 1 aromatic carbocycles. The van der Waals surface area contributed by atoms with E-state index in [-0.39, 0.29) is 5.75 Å². The summed E-state index contributed by atoms with van der Waals surface area (Å²) in [6.45, 7) is 4.00. The average Bonchev–Trinajstić information content (AvgIpc) is 2.29. The topological polar surface area (TPSA) is 21.3 Å². The molecule has 0 saturated heterocycles. The molecule has 0 bridgehead atoms. The molecule has 0 saturated carbocycles. The van der Waals surface area contributed by atoms with Crippen molar-refractivity contribution in [3.05, 3.63) is 23.8 Å². The Morgan fingerprint density at radius 1 is 1.19 bits per heavy atom. The Labute approximate surface area is 93.4 Å². The largest absolute Gasteiger partial charge is 0.496 e. The molecule has 1 aromatic rings. The molecule has 0 radical (unpaired) electrons. The summed E-state index contributed by atoms with van der Waals surface area (Å²) in [6.07, 6.45) is -4.39. The van der Waals surface area contributed by atoms with E-state index >= 15 is 0 Å². The van der Waals surface area contributed by atoms with Crippen LogP contribution in [0.15, 0.2) is 18.2 Å². The van der Waals surface area contributed by atoms with Gasteiger partial charge in [0.15, 0.2) is 0 Å². The second-order valence-corrected chi connectivity index (χ2v) is 2.66. The lowest BCUT2D eigenvalue weighted by molar-refractivity contribution is -0.138. The van der Waals surface area contributed by atoms with Crippen molar-refractivity contribution in [3.63, 3.8) is 0 Å². The lowest BCUT2D eigenvalue weighted by atomic mass is 10.1. The number of halogens is 3. The highest BCUT2D eigenvalue weighted by molar-refractivity contribution is 5.51. The lowest BCUT2D eigenvalue weighted by Crippen LogP contribution is -2.08. The van der Waals surface area contributed by atoms with Gasteiger partial charge in [-0.25, -0.2) is 0 Å². The van der Waals surface area contributed by atoms with Crippen molar-refractivity contribution >= 4 is 5.69 Å². The maximum Gasteiger partial charge on any atom is 0.420 e. The van der Waals surface area contributed by atoms with Crippen molar-refractivity contribution < 1.29 is 17.9 Å². The van der Waals surface area contributed by atoms with Crippen LogP contribution in [0.1, 0.15) is 19.4 Å². The first-order valence-corrected chi connectivity index (χ1v) is 4.92. The molecule has 0 atom stereocenters. The van der Waals surface area contributed by atoms with Crippen molar-refractivity contribution in [1.82, 2.24) is 0 Å². The van der Waals surface area contributed by atoms with E-state index in [2.05, 4.69) is 10.1 Å². The van der Waals surface area contributed by atoms with Gasteiger partial charge in [-0.1, -0.05) is 13.8 Å². The van der Waals surface area contributed by atoms with Gasteiger partial charge >= 0.3 is 6.18 Å². The van der Waals surface area contributed by atoms with Crippen LogP contribution in [0, 0.1) is 0 Å². The number of methoxy groups -OCH3 is 1. The van der Waals surface area contributed by atoms with Crippen molar-refractivity contribution in [3.8, 4) is 5.75 Å². The summed E-state index contributed by atoms with van der Waals surface area (Å²) in [7, 11) is 2.77. The summed E-state index contributed by atoms with van der Waals surface area (Å²) < 4.78 is 42.0. The Bertz CT molecular complexity index is 323. The third kappa shape index (κ3) is 3.64. The quantitative estimate of drug-likeness (QED) is 0.842. The Morgan fingerprint density at radius 3 is 2.12 bits per heavy atom. The van der Waals surface area contributed by atoms with Crippen LogP contribution in [0.3, 0.4) is 0 Å². The molecule has 0 fully saturated rings. The number of rotatable bonds is 2. The molecule has 0 aliphatic rings. The fourth-order valence-corrected chi connectivity index (χ4v) is 1.09. The molecule has 92 valence electrons. The van der Waals surface area contributed by atoms with E-state index in [0.717, 1.165) is 6.07 Å². The number of nitrogens with one attached hydrogen (secondary N) is 1. The summed E-state index contributed by atoms with van der Waals surface area (Å²) >= 11 is 0. The van der Waals surface area contributed by atoms with Crippen LogP contribution in [0.2, 0.25) is 0 Å². The second kappa shape index (κ2) is 6.25. The standard InChI is InChI=1S/C9H10F3NO.C2H6/c1-13-6-3-4-8(14-2)7(5-6)9(10,11)12;1-2/h3-5,13H,1-2H3;1-2H3. The molecule has 1 rings (SSSR count). The zero-order valence-corrected chi connectivity index (χ0v) is 9.77. The first-order valence-electron chi connectivity index (χ1n) is 4.92. The van der Waals surface area contributed by atoms with E-state index in [4.69, 9.17) is 0 Å². The molecule has 16 heavy (non-hydrogen) atoms. The molecule has 0 unspecified atom stereocenters. The zero-order chi connectivity index (χ0) is 12.8. The second-order valence-electron chi connectivity index (χ2n) is 2.66. The smallest absolute Gasteiger partial charge is 0.420 e. The fraction of sp³-hybridized carbons (Fsp3) is 0.455. The number of ether oxygens (including phenoxy) is 1. The van der Waals surface area contributed by atoms with Gasteiger partial charge in [0.05, 0.1) is 12.7 Å². The minimum absolute atomic E-state index is 0.170. The van der Waals surface area contributed by atoms with Gasteiger partial charge in [0.25, 0.3) is 0 Å². The molecule has 1 N–H and O–H groups in total.